The van der Waals surface area contributed by atoms with E-state index in [-0.39, 0.29) is 24.0 Å². The fraction of sp³-hybridized carbons (Fsp3) is 0.917. The Hall–Kier alpha value is -0.280. The average Bonchev–Trinajstić information content (AvgIpc) is 2.74. The number of rotatable bonds is 2. The van der Waals surface area contributed by atoms with Crippen LogP contribution in [0.1, 0.15) is 32.6 Å². The number of hydrogen-bond acceptors (Lipinski definition) is 2. The summed E-state index contributed by atoms with van der Waals surface area (Å²) in [5.41, 5.74) is 0. The molecule has 3 nitrogen and oxygen atoms in total. The second-order valence-corrected chi connectivity index (χ2v) is 5.12. The summed E-state index contributed by atoms with van der Waals surface area (Å²) in [6, 6.07) is 0.246. The molecule has 0 spiro atoms. The quantitative estimate of drug-likeness (QED) is 0.697. The molecule has 3 unspecified atom stereocenters. The summed E-state index contributed by atoms with van der Waals surface area (Å²) >= 11 is 5.94. The molecule has 0 saturated carbocycles. The SMILES string of the molecule is CC1OCCC1C(=O)N1CCCCC1CCl. The van der Waals surface area contributed by atoms with Gasteiger partial charge in [0, 0.05) is 25.1 Å². The van der Waals surface area contributed by atoms with Crippen LogP contribution in [0.2, 0.25) is 0 Å². The maximum atomic E-state index is 12.4. The second kappa shape index (κ2) is 5.37. The highest BCUT2D eigenvalue weighted by Gasteiger charge is 2.36. The van der Waals surface area contributed by atoms with E-state index in [4.69, 9.17) is 16.3 Å². The van der Waals surface area contributed by atoms with Crippen LogP contribution in [0.15, 0.2) is 0 Å². The van der Waals surface area contributed by atoms with E-state index >= 15 is 0 Å². The van der Waals surface area contributed by atoms with Gasteiger partial charge in [0.05, 0.1) is 12.0 Å². The van der Waals surface area contributed by atoms with Crippen LogP contribution >= 0.6 is 11.6 Å². The highest BCUT2D eigenvalue weighted by atomic mass is 35.5. The number of nitrogens with zero attached hydrogens (tertiary/aromatic N) is 1. The van der Waals surface area contributed by atoms with Crippen molar-refractivity contribution in [2.24, 2.45) is 5.92 Å². The molecule has 0 aromatic carbocycles. The summed E-state index contributed by atoms with van der Waals surface area (Å²) in [4.78, 5) is 14.4. The van der Waals surface area contributed by atoms with Crippen molar-refractivity contribution in [3.63, 3.8) is 0 Å². The third-order valence-corrected chi connectivity index (χ3v) is 4.14. The molecular formula is C12H20ClNO2. The molecule has 0 N–H and O–H groups in total. The highest BCUT2D eigenvalue weighted by Crippen LogP contribution is 2.27. The van der Waals surface area contributed by atoms with Gasteiger partial charge in [0.1, 0.15) is 0 Å². The van der Waals surface area contributed by atoms with Crippen molar-refractivity contribution in [3.8, 4) is 0 Å². The van der Waals surface area contributed by atoms with Crippen LogP contribution in [0.3, 0.4) is 0 Å². The number of piperidine rings is 1. The zero-order valence-electron chi connectivity index (χ0n) is 9.82. The van der Waals surface area contributed by atoms with Crippen LogP contribution in [0.4, 0.5) is 0 Å². The topological polar surface area (TPSA) is 29.5 Å². The van der Waals surface area contributed by atoms with Crippen molar-refractivity contribution >= 4 is 17.5 Å². The lowest BCUT2D eigenvalue weighted by molar-refractivity contribution is -0.140. The minimum atomic E-state index is 0.0591. The monoisotopic (exact) mass is 245 g/mol. The van der Waals surface area contributed by atoms with Gasteiger partial charge in [-0.05, 0) is 32.6 Å². The molecule has 0 aliphatic carbocycles. The standard InChI is InChI=1S/C12H20ClNO2/c1-9-11(5-7-16-9)12(15)14-6-3-2-4-10(14)8-13/h9-11H,2-8H2,1H3. The van der Waals surface area contributed by atoms with E-state index in [1.807, 2.05) is 11.8 Å². The lowest BCUT2D eigenvalue weighted by Crippen LogP contribution is -2.48. The van der Waals surface area contributed by atoms with Gasteiger partial charge in [-0.25, -0.2) is 0 Å². The predicted molar refractivity (Wildman–Crippen MR) is 63.6 cm³/mol. The van der Waals surface area contributed by atoms with Crippen molar-refractivity contribution in [3.05, 3.63) is 0 Å². The van der Waals surface area contributed by atoms with Gasteiger partial charge in [-0.2, -0.15) is 0 Å². The smallest absolute Gasteiger partial charge is 0.228 e. The first-order valence-electron chi connectivity index (χ1n) is 6.22. The van der Waals surface area contributed by atoms with Gasteiger partial charge in [0.15, 0.2) is 0 Å². The molecule has 2 fully saturated rings. The normalized spacial score (nSPS) is 35.4. The number of carbonyl (C=O) groups is 1. The molecule has 0 aromatic rings. The summed E-state index contributed by atoms with van der Waals surface area (Å²) in [5.74, 6) is 0.882. The van der Waals surface area contributed by atoms with Gasteiger partial charge >= 0.3 is 0 Å². The summed E-state index contributed by atoms with van der Waals surface area (Å²) in [6.07, 6.45) is 4.30. The Balaban J connectivity index is 2.01. The summed E-state index contributed by atoms with van der Waals surface area (Å²) in [7, 11) is 0. The molecular weight excluding hydrogens is 226 g/mol. The summed E-state index contributed by atoms with van der Waals surface area (Å²) in [5, 5.41) is 0. The fourth-order valence-electron chi connectivity index (χ4n) is 2.72. The molecule has 3 atom stereocenters. The lowest BCUT2D eigenvalue weighted by atomic mass is 9.96. The number of likely N-dealkylation sites (tertiary alicyclic amines) is 1. The van der Waals surface area contributed by atoms with Crippen LogP contribution in [0.25, 0.3) is 0 Å². The zero-order valence-corrected chi connectivity index (χ0v) is 10.6. The summed E-state index contributed by atoms with van der Waals surface area (Å²) in [6.45, 7) is 3.59. The van der Waals surface area contributed by atoms with Crippen LogP contribution in [0, 0.1) is 5.92 Å². The Labute approximate surface area is 102 Å². The van der Waals surface area contributed by atoms with Gasteiger partial charge in [-0.3, -0.25) is 4.79 Å². The van der Waals surface area contributed by atoms with E-state index in [2.05, 4.69) is 0 Å². The molecule has 0 aromatic heterocycles. The molecule has 92 valence electrons. The van der Waals surface area contributed by atoms with E-state index in [1.54, 1.807) is 0 Å². The minimum Gasteiger partial charge on any atom is -0.378 e. The fourth-order valence-corrected chi connectivity index (χ4v) is 3.04. The third kappa shape index (κ3) is 2.35. The van der Waals surface area contributed by atoms with E-state index in [0.717, 1.165) is 32.4 Å². The first-order chi connectivity index (χ1) is 7.74. The number of hydrogen-bond donors (Lipinski definition) is 0. The lowest BCUT2D eigenvalue weighted by Gasteiger charge is -2.36. The molecule has 0 radical (unpaired) electrons. The van der Waals surface area contributed by atoms with Gasteiger partial charge in [-0.15, -0.1) is 11.6 Å². The van der Waals surface area contributed by atoms with E-state index in [0.29, 0.717) is 5.88 Å². The number of amides is 1. The number of alkyl halides is 1. The van der Waals surface area contributed by atoms with Gasteiger partial charge in [0.25, 0.3) is 0 Å². The first kappa shape index (κ1) is 12.2. The third-order valence-electron chi connectivity index (χ3n) is 3.78. The van der Waals surface area contributed by atoms with E-state index < -0.39 is 0 Å². The number of halogens is 1. The maximum Gasteiger partial charge on any atom is 0.228 e. The van der Waals surface area contributed by atoms with Crippen molar-refractivity contribution in [1.29, 1.82) is 0 Å². The van der Waals surface area contributed by atoms with Crippen LogP contribution in [0.5, 0.6) is 0 Å². The number of ether oxygens (including phenoxy) is 1. The first-order valence-corrected chi connectivity index (χ1v) is 6.75. The zero-order chi connectivity index (χ0) is 11.5. The average molecular weight is 246 g/mol. The Morgan fingerprint density at radius 2 is 2.25 bits per heavy atom. The van der Waals surface area contributed by atoms with Crippen molar-refractivity contribution in [2.45, 2.75) is 44.8 Å². The predicted octanol–water partition coefficient (Wildman–Crippen LogP) is 2.03. The highest BCUT2D eigenvalue weighted by molar-refractivity contribution is 6.18. The van der Waals surface area contributed by atoms with Gasteiger partial charge in [-0.1, -0.05) is 0 Å². The summed E-state index contributed by atoms with van der Waals surface area (Å²) < 4.78 is 5.47. The van der Waals surface area contributed by atoms with Gasteiger partial charge in [0.2, 0.25) is 5.91 Å². The second-order valence-electron chi connectivity index (χ2n) is 4.81. The molecule has 2 heterocycles. The van der Waals surface area contributed by atoms with Crippen LogP contribution in [-0.4, -0.2) is 42.0 Å². The van der Waals surface area contributed by atoms with Crippen molar-refractivity contribution < 1.29 is 9.53 Å². The largest absolute Gasteiger partial charge is 0.378 e. The molecule has 1 amide bonds. The molecule has 4 heteroatoms. The Kier molecular flexibility index (Phi) is 4.09. The molecule has 2 saturated heterocycles. The van der Waals surface area contributed by atoms with Gasteiger partial charge < -0.3 is 9.64 Å². The van der Waals surface area contributed by atoms with Crippen molar-refractivity contribution in [2.75, 3.05) is 19.0 Å². The maximum absolute atomic E-state index is 12.4. The van der Waals surface area contributed by atoms with Crippen LogP contribution < -0.4 is 0 Å². The Morgan fingerprint density at radius 1 is 1.44 bits per heavy atom. The van der Waals surface area contributed by atoms with E-state index in [9.17, 15) is 4.79 Å². The van der Waals surface area contributed by atoms with Crippen LogP contribution in [-0.2, 0) is 9.53 Å². The molecule has 2 aliphatic rings. The van der Waals surface area contributed by atoms with E-state index in [1.165, 1.54) is 6.42 Å². The Bertz CT molecular complexity index is 259. The number of carbonyl (C=O) groups excluding carboxylic acids is 1. The Morgan fingerprint density at radius 3 is 2.88 bits per heavy atom. The van der Waals surface area contributed by atoms with Crippen molar-refractivity contribution in [1.82, 2.24) is 4.90 Å². The molecule has 0 bridgehead atoms. The molecule has 2 rings (SSSR count). The molecule has 16 heavy (non-hydrogen) atoms. The molecule has 2 aliphatic heterocycles. The minimum absolute atomic E-state index is 0.0591.